The van der Waals surface area contributed by atoms with Crippen LogP contribution in [0.2, 0.25) is 0 Å². The van der Waals surface area contributed by atoms with Gasteiger partial charge in [-0.2, -0.15) is 0 Å². The predicted octanol–water partition coefficient (Wildman–Crippen LogP) is -0.632. The van der Waals surface area contributed by atoms with Crippen molar-refractivity contribution in [3.63, 3.8) is 0 Å². The number of rotatable bonds is 2. The molecule has 4 rings (SSSR count). The summed E-state index contributed by atoms with van der Waals surface area (Å²) in [6, 6.07) is 6.83. The summed E-state index contributed by atoms with van der Waals surface area (Å²) < 4.78 is 0.997. The summed E-state index contributed by atoms with van der Waals surface area (Å²) in [7, 11) is 0. The molecular formula is C16H18N4O3. The summed E-state index contributed by atoms with van der Waals surface area (Å²) in [6.45, 7) is 3.08. The Balaban J connectivity index is 1.62. The maximum Gasteiger partial charge on any atom is 0.329 e. The molecule has 0 saturated carbocycles. The molecule has 0 unspecified atom stereocenters. The smallest absolute Gasteiger partial charge is 0.329 e. The van der Waals surface area contributed by atoms with Gasteiger partial charge >= 0.3 is 5.69 Å². The first-order valence-corrected chi connectivity index (χ1v) is 7.84. The lowest BCUT2D eigenvalue weighted by Gasteiger charge is -2.18. The van der Waals surface area contributed by atoms with Crippen LogP contribution in [0.5, 0.6) is 0 Å². The van der Waals surface area contributed by atoms with E-state index in [0.717, 1.165) is 17.7 Å². The first kappa shape index (κ1) is 14.2. The number of carbonyl (C=O) groups excluding carboxylic acids is 1. The minimum atomic E-state index is -0.539. The number of H-pyrrole nitrogens is 1. The van der Waals surface area contributed by atoms with Crippen molar-refractivity contribution >= 4 is 16.8 Å². The van der Waals surface area contributed by atoms with E-state index in [4.69, 9.17) is 0 Å². The van der Waals surface area contributed by atoms with Crippen molar-refractivity contribution < 1.29 is 4.79 Å². The summed E-state index contributed by atoms with van der Waals surface area (Å²) in [5, 5.41) is 3.74. The van der Waals surface area contributed by atoms with Crippen LogP contribution in [0.1, 0.15) is 0 Å². The van der Waals surface area contributed by atoms with Crippen LogP contribution < -0.4 is 16.6 Å². The highest BCUT2D eigenvalue weighted by atomic mass is 16.2. The van der Waals surface area contributed by atoms with Gasteiger partial charge in [-0.25, -0.2) is 4.79 Å². The fourth-order valence-electron chi connectivity index (χ4n) is 3.64. The fourth-order valence-corrected chi connectivity index (χ4v) is 3.64. The second-order valence-electron chi connectivity index (χ2n) is 6.34. The predicted molar refractivity (Wildman–Crippen MR) is 85.3 cm³/mol. The molecule has 1 aromatic carbocycles. The maximum absolute atomic E-state index is 12.5. The number of nitrogens with zero attached hydrogens (tertiary/aromatic N) is 2. The molecule has 2 aliphatic heterocycles. The van der Waals surface area contributed by atoms with Crippen LogP contribution in [0, 0.1) is 11.8 Å². The number of aromatic nitrogens is 2. The van der Waals surface area contributed by atoms with Crippen LogP contribution >= 0.6 is 0 Å². The molecule has 0 spiro atoms. The topological polar surface area (TPSA) is 87.2 Å². The zero-order chi connectivity index (χ0) is 16.0. The van der Waals surface area contributed by atoms with Crippen LogP contribution in [0.3, 0.4) is 0 Å². The van der Waals surface area contributed by atoms with E-state index in [1.165, 1.54) is 0 Å². The summed E-state index contributed by atoms with van der Waals surface area (Å²) in [5.41, 5.74) is -0.463. The van der Waals surface area contributed by atoms with Gasteiger partial charge in [0.2, 0.25) is 5.91 Å². The van der Waals surface area contributed by atoms with E-state index in [2.05, 4.69) is 10.3 Å². The van der Waals surface area contributed by atoms with Gasteiger partial charge in [0, 0.05) is 26.2 Å². The third kappa shape index (κ3) is 2.37. The number of carbonyl (C=O) groups is 1. The first-order chi connectivity index (χ1) is 11.1. The number of nitrogens with one attached hydrogen (secondary N) is 2. The highest BCUT2D eigenvalue weighted by Crippen LogP contribution is 2.26. The Hall–Kier alpha value is -2.41. The second-order valence-corrected chi connectivity index (χ2v) is 6.34. The summed E-state index contributed by atoms with van der Waals surface area (Å²) in [4.78, 5) is 41.5. The number of amides is 1. The van der Waals surface area contributed by atoms with E-state index in [-0.39, 0.29) is 12.5 Å². The van der Waals surface area contributed by atoms with Gasteiger partial charge in [0.1, 0.15) is 6.54 Å². The van der Waals surface area contributed by atoms with E-state index >= 15 is 0 Å². The first-order valence-electron chi connectivity index (χ1n) is 7.84. The fraction of sp³-hybridized carbons (Fsp3) is 0.438. The normalized spacial score (nSPS) is 23.4. The molecule has 2 fully saturated rings. The van der Waals surface area contributed by atoms with E-state index < -0.39 is 11.2 Å². The van der Waals surface area contributed by atoms with Gasteiger partial charge in [-0.05, 0) is 24.0 Å². The monoisotopic (exact) mass is 314 g/mol. The molecule has 7 nitrogen and oxygen atoms in total. The van der Waals surface area contributed by atoms with E-state index in [1.807, 2.05) is 0 Å². The van der Waals surface area contributed by atoms with Gasteiger partial charge in [-0.3, -0.25) is 14.2 Å². The second kappa shape index (κ2) is 5.34. The van der Waals surface area contributed by atoms with Crippen LogP contribution in [0.15, 0.2) is 33.9 Å². The van der Waals surface area contributed by atoms with Crippen molar-refractivity contribution in [2.24, 2.45) is 11.8 Å². The quantitative estimate of drug-likeness (QED) is 0.772. The average Bonchev–Trinajstić information content (AvgIpc) is 3.12. The number of hydrogen-bond acceptors (Lipinski definition) is 4. The van der Waals surface area contributed by atoms with Gasteiger partial charge < -0.3 is 15.2 Å². The van der Waals surface area contributed by atoms with Gasteiger partial charge in [0.25, 0.3) is 5.56 Å². The van der Waals surface area contributed by atoms with Crippen molar-refractivity contribution in [3.05, 3.63) is 45.1 Å². The molecule has 2 aliphatic rings. The van der Waals surface area contributed by atoms with Gasteiger partial charge in [-0.1, -0.05) is 12.1 Å². The molecule has 3 heterocycles. The number of para-hydroxylation sites is 1. The summed E-state index contributed by atoms with van der Waals surface area (Å²) >= 11 is 0. The van der Waals surface area contributed by atoms with Gasteiger partial charge in [0.15, 0.2) is 0 Å². The molecule has 7 heteroatoms. The van der Waals surface area contributed by atoms with Crippen LogP contribution in [0.4, 0.5) is 0 Å². The van der Waals surface area contributed by atoms with Crippen molar-refractivity contribution in [1.82, 2.24) is 19.8 Å². The lowest BCUT2D eigenvalue weighted by Crippen LogP contribution is -2.42. The van der Waals surface area contributed by atoms with Crippen molar-refractivity contribution in [2.75, 3.05) is 26.2 Å². The van der Waals surface area contributed by atoms with Crippen molar-refractivity contribution in [2.45, 2.75) is 6.54 Å². The molecule has 2 atom stereocenters. The molecule has 120 valence electrons. The molecule has 0 bridgehead atoms. The number of likely N-dealkylation sites (tertiary alicyclic amines) is 1. The van der Waals surface area contributed by atoms with E-state index in [1.54, 1.807) is 29.2 Å². The summed E-state index contributed by atoms with van der Waals surface area (Å²) in [6.07, 6.45) is 0. The third-order valence-corrected chi connectivity index (χ3v) is 4.92. The Bertz CT molecular complexity index is 873. The van der Waals surface area contributed by atoms with Crippen LogP contribution in [-0.4, -0.2) is 46.5 Å². The zero-order valence-electron chi connectivity index (χ0n) is 12.6. The molecule has 1 aromatic heterocycles. The Kier molecular flexibility index (Phi) is 3.30. The number of hydrogen-bond donors (Lipinski definition) is 2. The molecule has 0 aliphatic carbocycles. The highest BCUT2D eigenvalue weighted by molar-refractivity contribution is 5.79. The van der Waals surface area contributed by atoms with Crippen LogP contribution in [-0.2, 0) is 11.3 Å². The Morgan fingerprint density at radius 1 is 1.13 bits per heavy atom. The number of fused-ring (bicyclic) bond motifs is 2. The number of aromatic amines is 1. The minimum absolute atomic E-state index is 0.165. The highest BCUT2D eigenvalue weighted by Gasteiger charge is 2.38. The average molecular weight is 314 g/mol. The minimum Gasteiger partial charge on any atom is -0.340 e. The molecular weight excluding hydrogens is 296 g/mol. The lowest BCUT2D eigenvalue weighted by molar-refractivity contribution is -0.131. The largest absolute Gasteiger partial charge is 0.340 e. The molecule has 23 heavy (non-hydrogen) atoms. The summed E-state index contributed by atoms with van der Waals surface area (Å²) in [5.74, 6) is 0.818. The molecule has 2 aromatic rings. The molecule has 0 radical (unpaired) electrons. The molecule has 2 N–H and O–H groups in total. The Labute approximate surface area is 131 Å². The third-order valence-electron chi connectivity index (χ3n) is 4.92. The Morgan fingerprint density at radius 2 is 1.83 bits per heavy atom. The standard InChI is InChI=1S/C16H18N4O3/c21-14(19-7-10-5-17-6-11(10)8-19)9-20-15(22)12-3-1-2-4-13(12)18-16(20)23/h1-4,10-11,17H,5-9H2,(H,18,23)/t10-,11+. The van der Waals surface area contributed by atoms with Crippen molar-refractivity contribution in [1.29, 1.82) is 0 Å². The SMILES string of the molecule is O=C(Cn1c(=O)[nH]c2ccccc2c1=O)N1C[C@H]2CNC[C@H]2C1. The maximum atomic E-state index is 12.5. The van der Waals surface area contributed by atoms with Gasteiger partial charge in [0.05, 0.1) is 10.9 Å². The molecule has 1 amide bonds. The van der Waals surface area contributed by atoms with E-state index in [0.29, 0.717) is 35.8 Å². The van der Waals surface area contributed by atoms with Crippen molar-refractivity contribution in [3.8, 4) is 0 Å². The lowest BCUT2D eigenvalue weighted by atomic mass is 10.0. The van der Waals surface area contributed by atoms with Gasteiger partial charge in [-0.15, -0.1) is 0 Å². The number of benzene rings is 1. The Morgan fingerprint density at radius 3 is 2.57 bits per heavy atom. The zero-order valence-corrected chi connectivity index (χ0v) is 12.6. The van der Waals surface area contributed by atoms with E-state index in [9.17, 15) is 14.4 Å². The van der Waals surface area contributed by atoms with Crippen LogP contribution in [0.25, 0.3) is 10.9 Å². The molecule has 2 saturated heterocycles.